The van der Waals surface area contributed by atoms with Crippen LogP contribution in [0.1, 0.15) is 19.3 Å². The summed E-state index contributed by atoms with van der Waals surface area (Å²) in [6.45, 7) is 2.59. The van der Waals surface area contributed by atoms with Gasteiger partial charge in [-0.1, -0.05) is 6.07 Å². The number of aliphatic hydroxyl groups is 1. The van der Waals surface area contributed by atoms with Crippen molar-refractivity contribution in [2.24, 2.45) is 0 Å². The highest BCUT2D eigenvalue weighted by Crippen LogP contribution is 2.36. The van der Waals surface area contributed by atoms with Crippen molar-refractivity contribution in [3.63, 3.8) is 0 Å². The van der Waals surface area contributed by atoms with Crippen LogP contribution >= 0.6 is 0 Å². The summed E-state index contributed by atoms with van der Waals surface area (Å²) in [6.07, 6.45) is 3.55. The molecule has 4 rings (SSSR count). The van der Waals surface area contributed by atoms with Gasteiger partial charge in [-0.05, 0) is 44.5 Å². The zero-order valence-electron chi connectivity index (χ0n) is 19.2. The first-order chi connectivity index (χ1) is 16.3. The van der Waals surface area contributed by atoms with E-state index in [1.54, 1.807) is 24.4 Å². The van der Waals surface area contributed by atoms with Gasteiger partial charge in [-0.15, -0.1) is 0 Å². The molecule has 0 amide bonds. The molecule has 11 nitrogen and oxygen atoms in total. The number of nitrogen functional groups attached to an aromatic ring is 1. The number of piperidine rings is 1. The second-order valence-electron chi connectivity index (χ2n) is 8.72. The van der Waals surface area contributed by atoms with Gasteiger partial charge in [-0.25, -0.2) is 18.1 Å². The van der Waals surface area contributed by atoms with Crippen molar-refractivity contribution < 1.29 is 23.0 Å². The Bertz CT molecular complexity index is 1080. The maximum absolute atomic E-state index is 11.9. The number of anilines is 2. The molecule has 2 aliphatic rings. The normalized spacial score (nSPS) is 21.0. The SMILES string of the molecule is CNS(=O)(=O)c1cccc(OC[C@@H](O)CNC2COC3(CCN(c4nccc(N)n4)CC3)C2)c1. The molecule has 2 saturated heterocycles. The highest BCUT2D eigenvalue weighted by molar-refractivity contribution is 7.89. The van der Waals surface area contributed by atoms with Crippen LogP contribution in [0.25, 0.3) is 0 Å². The number of hydrogen-bond acceptors (Lipinski definition) is 10. The summed E-state index contributed by atoms with van der Waals surface area (Å²) in [5.74, 6) is 1.50. The van der Waals surface area contributed by atoms with Crippen LogP contribution in [-0.2, 0) is 14.8 Å². The lowest BCUT2D eigenvalue weighted by atomic mass is 9.87. The van der Waals surface area contributed by atoms with Crippen LogP contribution in [0.5, 0.6) is 5.75 Å². The monoisotopic (exact) mass is 492 g/mol. The molecule has 0 saturated carbocycles. The van der Waals surface area contributed by atoms with E-state index in [4.69, 9.17) is 15.2 Å². The quantitative estimate of drug-likeness (QED) is 0.380. The first kappa shape index (κ1) is 24.6. The molecule has 1 unspecified atom stereocenters. The summed E-state index contributed by atoms with van der Waals surface area (Å²) >= 11 is 0. The molecule has 3 heterocycles. The van der Waals surface area contributed by atoms with E-state index in [0.717, 1.165) is 32.4 Å². The van der Waals surface area contributed by atoms with Gasteiger partial charge in [0.1, 0.15) is 24.3 Å². The minimum Gasteiger partial charge on any atom is -0.491 e. The summed E-state index contributed by atoms with van der Waals surface area (Å²) in [5.41, 5.74) is 5.60. The molecule has 0 aliphatic carbocycles. The van der Waals surface area contributed by atoms with E-state index in [2.05, 4.69) is 24.9 Å². The van der Waals surface area contributed by atoms with E-state index in [1.165, 1.54) is 19.2 Å². The van der Waals surface area contributed by atoms with Crippen LogP contribution in [0.15, 0.2) is 41.4 Å². The summed E-state index contributed by atoms with van der Waals surface area (Å²) in [7, 11) is -2.20. The van der Waals surface area contributed by atoms with E-state index in [1.807, 2.05) is 0 Å². The van der Waals surface area contributed by atoms with Gasteiger partial charge in [-0.3, -0.25) is 0 Å². The molecule has 5 N–H and O–H groups in total. The number of nitrogens with zero attached hydrogens (tertiary/aromatic N) is 3. The van der Waals surface area contributed by atoms with Gasteiger partial charge < -0.3 is 30.5 Å². The number of nitrogens with two attached hydrogens (primary N) is 1. The fourth-order valence-electron chi connectivity index (χ4n) is 4.36. The number of benzene rings is 1. The van der Waals surface area contributed by atoms with Gasteiger partial charge in [0.15, 0.2) is 0 Å². The van der Waals surface area contributed by atoms with Gasteiger partial charge in [0.2, 0.25) is 16.0 Å². The molecule has 1 spiro atoms. The Morgan fingerprint density at radius 2 is 2.15 bits per heavy atom. The lowest BCUT2D eigenvalue weighted by molar-refractivity contribution is -0.0152. The molecule has 186 valence electrons. The van der Waals surface area contributed by atoms with Crippen molar-refractivity contribution in [3.05, 3.63) is 36.5 Å². The van der Waals surface area contributed by atoms with Crippen molar-refractivity contribution in [2.75, 3.05) is 50.5 Å². The molecule has 2 atom stereocenters. The van der Waals surface area contributed by atoms with E-state index in [-0.39, 0.29) is 23.1 Å². The van der Waals surface area contributed by atoms with Crippen molar-refractivity contribution in [1.82, 2.24) is 20.0 Å². The van der Waals surface area contributed by atoms with E-state index in [9.17, 15) is 13.5 Å². The Morgan fingerprint density at radius 3 is 2.88 bits per heavy atom. The number of sulfonamides is 1. The lowest BCUT2D eigenvalue weighted by Gasteiger charge is -2.38. The van der Waals surface area contributed by atoms with Crippen LogP contribution in [-0.4, -0.2) is 81.1 Å². The fourth-order valence-corrected chi connectivity index (χ4v) is 5.12. The predicted molar refractivity (Wildman–Crippen MR) is 127 cm³/mol. The summed E-state index contributed by atoms with van der Waals surface area (Å²) < 4.78 is 37.9. The molecule has 2 aromatic rings. The summed E-state index contributed by atoms with van der Waals surface area (Å²) in [6, 6.07) is 8.00. The first-order valence-corrected chi connectivity index (χ1v) is 12.8. The van der Waals surface area contributed by atoms with Gasteiger partial charge in [0.05, 0.1) is 17.1 Å². The highest BCUT2D eigenvalue weighted by Gasteiger charge is 2.43. The number of aromatic nitrogens is 2. The number of aliphatic hydroxyl groups excluding tert-OH is 1. The third-order valence-electron chi connectivity index (χ3n) is 6.30. The Kier molecular flexibility index (Phi) is 7.53. The van der Waals surface area contributed by atoms with Gasteiger partial charge in [0.25, 0.3) is 0 Å². The minimum absolute atomic E-state index is 0.0456. The summed E-state index contributed by atoms with van der Waals surface area (Å²) in [4.78, 5) is 10.9. The number of nitrogens with one attached hydrogen (secondary N) is 2. The smallest absolute Gasteiger partial charge is 0.240 e. The van der Waals surface area contributed by atoms with Crippen molar-refractivity contribution in [3.8, 4) is 5.75 Å². The van der Waals surface area contributed by atoms with Gasteiger partial charge >= 0.3 is 0 Å². The Morgan fingerprint density at radius 1 is 1.35 bits per heavy atom. The van der Waals surface area contributed by atoms with Crippen LogP contribution in [0.3, 0.4) is 0 Å². The minimum atomic E-state index is -3.55. The van der Waals surface area contributed by atoms with Crippen molar-refractivity contribution in [2.45, 2.75) is 41.9 Å². The lowest BCUT2D eigenvalue weighted by Crippen LogP contribution is -2.45. The molecule has 2 aliphatic heterocycles. The van der Waals surface area contributed by atoms with Crippen LogP contribution in [0.4, 0.5) is 11.8 Å². The standard InChI is InChI=1S/C22H32N6O5S/c1-24-34(30,31)19-4-2-3-18(11-19)32-15-17(29)13-26-16-12-22(33-14-16)6-9-28(10-7-22)21-25-8-5-20(23)27-21/h2-5,8,11,16-17,24,26,29H,6-7,9-10,12-15H2,1H3,(H2,23,25,27)/t16?,17-/m0/s1. The third kappa shape index (κ3) is 5.94. The fraction of sp³-hybridized carbons (Fsp3) is 0.545. The maximum Gasteiger partial charge on any atom is 0.240 e. The average Bonchev–Trinajstić information content (AvgIpc) is 3.24. The van der Waals surface area contributed by atoms with Crippen molar-refractivity contribution in [1.29, 1.82) is 0 Å². The molecule has 0 bridgehead atoms. The average molecular weight is 493 g/mol. The van der Waals surface area contributed by atoms with Gasteiger partial charge in [0, 0.05) is 37.9 Å². The first-order valence-electron chi connectivity index (χ1n) is 11.3. The third-order valence-corrected chi connectivity index (χ3v) is 7.71. The highest BCUT2D eigenvalue weighted by atomic mass is 32.2. The molecule has 0 radical (unpaired) electrons. The van der Waals surface area contributed by atoms with E-state index >= 15 is 0 Å². The van der Waals surface area contributed by atoms with E-state index < -0.39 is 16.1 Å². The molecule has 12 heteroatoms. The zero-order chi connectivity index (χ0) is 24.2. The second kappa shape index (κ2) is 10.4. The molecule has 2 fully saturated rings. The summed E-state index contributed by atoms with van der Waals surface area (Å²) in [5, 5.41) is 13.7. The molecule has 1 aromatic carbocycles. The van der Waals surface area contributed by atoms with E-state index in [0.29, 0.717) is 30.7 Å². The zero-order valence-corrected chi connectivity index (χ0v) is 20.0. The number of ether oxygens (including phenoxy) is 2. The predicted octanol–water partition coefficient (Wildman–Crippen LogP) is 0.124. The maximum atomic E-state index is 11.9. The Labute approximate surface area is 199 Å². The molecule has 1 aromatic heterocycles. The van der Waals surface area contributed by atoms with Gasteiger partial charge in [-0.2, -0.15) is 4.98 Å². The van der Waals surface area contributed by atoms with Crippen LogP contribution in [0.2, 0.25) is 0 Å². The van der Waals surface area contributed by atoms with Crippen molar-refractivity contribution >= 4 is 21.8 Å². The molecular weight excluding hydrogens is 460 g/mol. The largest absolute Gasteiger partial charge is 0.491 e. The molecule has 34 heavy (non-hydrogen) atoms. The second-order valence-corrected chi connectivity index (χ2v) is 10.6. The number of rotatable bonds is 9. The molecular formula is C22H32N6O5S. The Balaban J connectivity index is 1.20. The Hall–Kier alpha value is -2.51. The van der Waals surface area contributed by atoms with Crippen LogP contribution in [0, 0.1) is 0 Å². The topological polar surface area (TPSA) is 152 Å². The number of hydrogen-bond donors (Lipinski definition) is 4. The van der Waals surface area contributed by atoms with Crippen LogP contribution < -0.4 is 25.4 Å².